The van der Waals surface area contributed by atoms with Gasteiger partial charge >= 0.3 is 0 Å². The molecule has 2 heterocycles. The second kappa shape index (κ2) is 4.17. The van der Waals surface area contributed by atoms with Crippen LogP contribution in [-0.4, -0.2) is 26.9 Å². The van der Waals surface area contributed by atoms with Crippen LogP contribution < -0.4 is 0 Å². The van der Waals surface area contributed by atoms with Crippen LogP contribution in [0.15, 0.2) is 11.1 Å². The maximum atomic E-state index is 13.7. The van der Waals surface area contributed by atoms with E-state index in [2.05, 4.69) is 9.98 Å². The zero-order valence-corrected chi connectivity index (χ0v) is 10.9. The molecule has 1 N–H and O–H groups in total. The summed E-state index contributed by atoms with van der Waals surface area (Å²) in [6, 6.07) is 1.25. The highest BCUT2D eigenvalue weighted by molar-refractivity contribution is 8.15. The summed E-state index contributed by atoms with van der Waals surface area (Å²) in [6.07, 6.45) is 0. The van der Waals surface area contributed by atoms with Gasteiger partial charge in [-0.15, -0.1) is 23.1 Å². The maximum Gasteiger partial charge on any atom is 0.189 e. The number of thioether (sulfide) groups is 1. The third-order valence-electron chi connectivity index (χ3n) is 2.53. The Balaban J connectivity index is 2.17. The molecule has 94 valence electrons. The zero-order chi connectivity index (χ0) is 12.9. The lowest BCUT2D eigenvalue weighted by atomic mass is 10.3. The largest absolute Gasteiger partial charge is 0.503 e. The molecule has 1 aliphatic rings. The summed E-state index contributed by atoms with van der Waals surface area (Å²) in [5.41, 5.74) is 0.214. The highest BCUT2D eigenvalue weighted by Gasteiger charge is 2.22. The van der Waals surface area contributed by atoms with Gasteiger partial charge in [0.05, 0.1) is 16.3 Å². The smallest absolute Gasteiger partial charge is 0.189 e. The lowest BCUT2D eigenvalue weighted by Gasteiger charge is -1.96. The number of hydrogen-bond donors (Lipinski definition) is 1. The van der Waals surface area contributed by atoms with Crippen LogP contribution in [0.4, 0.5) is 8.78 Å². The number of hydrogen-bond acceptors (Lipinski definition) is 5. The van der Waals surface area contributed by atoms with E-state index in [1.807, 2.05) is 6.92 Å². The van der Waals surface area contributed by atoms with E-state index in [1.165, 1.54) is 0 Å². The SMILES string of the molecule is CC1CSC(c2nc3cc(F)c(O)c(F)c3s2)=N1. The Hall–Kier alpha value is -1.21. The molecule has 0 radical (unpaired) electrons. The fourth-order valence-electron chi connectivity index (χ4n) is 1.67. The van der Waals surface area contributed by atoms with E-state index >= 15 is 0 Å². The van der Waals surface area contributed by atoms with Crippen LogP contribution in [0, 0.1) is 11.6 Å². The molecule has 1 aliphatic heterocycles. The lowest BCUT2D eigenvalue weighted by Crippen LogP contribution is -1.93. The molecule has 18 heavy (non-hydrogen) atoms. The molecule has 1 aromatic heterocycles. The van der Waals surface area contributed by atoms with Gasteiger partial charge in [0, 0.05) is 11.8 Å². The van der Waals surface area contributed by atoms with Crippen LogP contribution in [0.5, 0.6) is 5.75 Å². The number of benzene rings is 1. The third kappa shape index (κ3) is 1.78. The van der Waals surface area contributed by atoms with Crippen molar-refractivity contribution in [2.24, 2.45) is 4.99 Å². The number of aromatic nitrogens is 1. The Morgan fingerprint density at radius 3 is 2.89 bits per heavy atom. The first-order valence-electron chi connectivity index (χ1n) is 5.24. The van der Waals surface area contributed by atoms with E-state index in [-0.39, 0.29) is 16.3 Å². The first-order valence-corrected chi connectivity index (χ1v) is 7.05. The molecule has 2 aromatic rings. The molecule has 0 saturated carbocycles. The predicted octanol–water partition coefficient (Wildman–Crippen LogP) is 3.16. The van der Waals surface area contributed by atoms with Gasteiger partial charge in [0.25, 0.3) is 0 Å². The Morgan fingerprint density at radius 2 is 2.22 bits per heavy atom. The number of nitrogens with zero attached hydrogens (tertiary/aromatic N) is 2. The summed E-state index contributed by atoms with van der Waals surface area (Å²) >= 11 is 2.63. The number of thiazole rings is 1. The van der Waals surface area contributed by atoms with E-state index in [1.54, 1.807) is 11.8 Å². The van der Waals surface area contributed by atoms with Crippen LogP contribution in [0.2, 0.25) is 0 Å². The average molecular weight is 286 g/mol. The zero-order valence-electron chi connectivity index (χ0n) is 9.28. The fourth-order valence-corrected chi connectivity index (χ4v) is 3.74. The maximum absolute atomic E-state index is 13.7. The van der Waals surface area contributed by atoms with Gasteiger partial charge in [0.2, 0.25) is 0 Å². The van der Waals surface area contributed by atoms with Gasteiger partial charge in [-0.05, 0) is 6.92 Å². The van der Waals surface area contributed by atoms with Gasteiger partial charge in [-0.25, -0.2) is 13.8 Å². The molecule has 3 nitrogen and oxygen atoms in total. The van der Waals surface area contributed by atoms with Gasteiger partial charge in [-0.2, -0.15) is 0 Å². The van der Waals surface area contributed by atoms with Gasteiger partial charge in [-0.1, -0.05) is 0 Å². The number of halogens is 2. The quantitative estimate of drug-likeness (QED) is 0.876. The van der Waals surface area contributed by atoms with Crippen LogP contribution in [0.3, 0.4) is 0 Å². The van der Waals surface area contributed by atoms with Gasteiger partial charge in [0.1, 0.15) is 10.1 Å². The molecule has 0 fully saturated rings. The summed E-state index contributed by atoms with van der Waals surface area (Å²) in [6.45, 7) is 1.99. The molecular formula is C11H8F2N2OS2. The second-order valence-corrected chi connectivity index (χ2v) is 5.99. The molecule has 0 spiro atoms. The van der Waals surface area contributed by atoms with Crippen molar-refractivity contribution in [1.29, 1.82) is 0 Å². The summed E-state index contributed by atoms with van der Waals surface area (Å²) in [5, 5.41) is 10.5. The van der Waals surface area contributed by atoms with Crippen molar-refractivity contribution in [2.45, 2.75) is 13.0 Å². The Labute approximate surface area is 110 Å². The highest BCUT2D eigenvalue weighted by Crippen LogP contribution is 2.35. The number of phenols is 1. The number of phenolic OH excluding ortho intramolecular Hbond substituents is 1. The molecular weight excluding hydrogens is 278 g/mol. The monoisotopic (exact) mass is 286 g/mol. The average Bonchev–Trinajstić information content (AvgIpc) is 2.92. The minimum atomic E-state index is -0.994. The number of aliphatic imine (C=N–C) groups is 1. The van der Waals surface area contributed by atoms with Crippen LogP contribution >= 0.6 is 23.1 Å². The van der Waals surface area contributed by atoms with Crippen molar-refractivity contribution >= 4 is 38.4 Å². The van der Waals surface area contributed by atoms with Crippen molar-refractivity contribution in [3.05, 3.63) is 22.7 Å². The summed E-state index contributed by atoms with van der Waals surface area (Å²) in [4.78, 5) is 8.55. The van der Waals surface area contributed by atoms with E-state index in [9.17, 15) is 13.9 Å². The van der Waals surface area contributed by atoms with Gasteiger partial charge in [0.15, 0.2) is 17.4 Å². The molecule has 0 saturated heterocycles. The summed E-state index contributed by atoms with van der Waals surface area (Å²) in [7, 11) is 0. The van der Waals surface area contributed by atoms with E-state index in [0.717, 1.165) is 28.2 Å². The standard InChI is InChI=1S/C11H8F2N2OS2/c1-4-3-17-10(14-4)11-15-6-2-5(12)8(16)7(13)9(6)18-11/h2,4,16H,3H2,1H3. The van der Waals surface area contributed by atoms with Crippen molar-refractivity contribution < 1.29 is 13.9 Å². The van der Waals surface area contributed by atoms with Crippen LogP contribution in [0.25, 0.3) is 10.2 Å². The second-order valence-electron chi connectivity index (χ2n) is 3.98. The van der Waals surface area contributed by atoms with Crippen molar-refractivity contribution in [3.8, 4) is 5.75 Å². The third-order valence-corrected chi connectivity index (χ3v) is 4.95. The van der Waals surface area contributed by atoms with Crippen molar-refractivity contribution in [1.82, 2.24) is 4.98 Å². The van der Waals surface area contributed by atoms with Crippen molar-refractivity contribution in [2.75, 3.05) is 5.75 Å². The van der Waals surface area contributed by atoms with E-state index < -0.39 is 17.4 Å². The summed E-state index contributed by atoms with van der Waals surface area (Å²) < 4.78 is 27.0. The Kier molecular flexibility index (Phi) is 2.74. The van der Waals surface area contributed by atoms with E-state index in [4.69, 9.17) is 0 Å². The summed E-state index contributed by atoms with van der Waals surface area (Å²) in [5.74, 6) is -2.03. The van der Waals surface area contributed by atoms with Crippen LogP contribution in [0.1, 0.15) is 11.9 Å². The van der Waals surface area contributed by atoms with Crippen LogP contribution in [-0.2, 0) is 0 Å². The first kappa shape index (κ1) is 11.9. The molecule has 0 bridgehead atoms. The predicted molar refractivity (Wildman–Crippen MR) is 69.7 cm³/mol. The molecule has 3 rings (SSSR count). The normalized spacial score (nSPS) is 19.5. The molecule has 0 aliphatic carbocycles. The molecule has 1 aromatic carbocycles. The number of fused-ring (bicyclic) bond motifs is 1. The van der Waals surface area contributed by atoms with Gasteiger partial charge in [-0.3, -0.25) is 4.99 Å². The number of rotatable bonds is 1. The molecule has 1 unspecified atom stereocenters. The number of aromatic hydroxyl groups is 1. The van der Waals surface area contributed by atoms with Crippen molar-refractivity contribution in [3.63, 3.8) is 0 Å². The minimum Gasteiger partial charge on any atom is -0.503 e. The lowest BCUT2D eigenvalue weighted by molar-refractivity contribution is 0.400. The Bertz CT molecular complexity index is 669. The minimum absolute atomic E-state index is 0.159. The molecule has 0 amide bonds. The highest BCUT2D eigenvalue weighted by atomic mass is 32.2. The van der Waals surface area contributed by atoms with E-state index in [0.29, 0.717) is 5.01 Å². The first-order chi connectivity index (χ1) is 8.56. The fraction of sp³-hybridized carbons (Fsp3) is 0.273. The molecule has 7 heteroatoms. The topological polar surface area (TPSA) is 45.5 Å². The molecule has 1 atom stereocenters. The van der Waals surface area contributed by atoms with Gasteiger partial charge < -0.3 is 5.11 Å². The Morgan fingerprint density at radius 1 is 1.44 bits per heavy atom.